The van der Waals surface area contributed by atoms with Crippen LogP contribution < -0.4 is 15.4 Å². The molecule has 1 aromatic rings. The van der Waals surface area contributed by atoms with Crippen LogP contribution in [0.25, 0.3) is 0 Å². The number of hydrogen-bond donors (Lipinski definition) is 1. The van der Waals surface area contributed by atoms with Crippen LogP contribution in [-0.4, -0.2) is 25.1 Å². The fourth-order valence-electron chi connectivity index (χ4n) is 3.53. The lowest BCUT2D eigenvalue weighted by Crippen LogP contribution is -2.43. The molecule has 0 bridgehead atoms. The lowest BCUT2D eigenvalue weighted by atomic mass is 10.0. The largest absolute Gasteiger partial charge is 0.497 e. The van der Waals surface area contributed by atoms with Gasteiger partial charge in [0.25, 0.3) is 0 Å². The van der Waals surface area contributed by atoms with E-state index in [0.717, 1.165) is 30.7 Å². The smallest absolute Gasteiger partial charge is 0.230 e. The van der Waals surface area contributed by atoms with E-state index < -0.39 is 0 Å². The molecule has 0 aliphatic heterocycles. The summed E-state index contributed by atoms with van der Waals surface area (Å²) in [6.07, 6.45) is 5.16. The molecule has 0 spiro atoms. The number of ether oxygens (including phenoxy) is 1. The Hall–Kier alpha value is -1.55. The molecule has 3 rings (SSSR count). The third kappa shape index (κ3) is 3.12. The molecule has 2 N–H and O–H groups in total. The molecule has 3 atom stereocenters. The fraction of sp³-hybridized carbons (Fsp3) is 0.611. The standard InChI is InChI=1S/C18H26N2O2/c1-12(13-3-4-13)20(16-7-9-17(22-2)10-8-16)18(21)14-5-6-15(19)11-14/h7-10,12-15H,3-6,11,19H2,1-2H3/t12-,14-,15+/m1/s1. The first kappa shape index (κ1) is 15.3. The van der Waals surface area contributed by atoms with Crippen LogP contribution in [0.5, 0.6) is 5.75 Å². The van der Waals surface area contributed by atoms with Crippen molar-refractivity contribution in [2.75, 3.05) is 12.0 Å². The van der Waals surface area contributed by atoms with Gasteiger partial charge in [-0.1, -0.05) is 0 Å². The van der Waals surface area contributed by atoms with E-state index in [1.54, 1.807) is 7.11 Å². The topological polar surface area (TPSA) is 55.6 Å². The number of carbonyl (C=O) groups excluding carboxylic acids is 1. The summed E-state index contributed by atoms with van der Waals surface area (Å²) in [6.45, 7) is 2.18. The number of hydrogen-bond acceptors (Lipinski definition) is 3. The molecule has 2 aliphatic carbocycles. The molecule has 2 aliphatic rings. The highest BCUT2D eigenvalue weighted by atomic mass is 16.5. The molecule has 1 aromatic carbocycles. The van der Waals surface area contributed by atoms with Crippen LogP contribution in [0.2, 0.25) is 0 Å². The molecule has 0 saturated heterocycles. The van der Waals surface area contributed by atoms with Crippen LogP contribution in [0.3, 0.4) is 0 Å². The maximum absolute atomic E-state index is 13.1. The summed E-state index contributed by atoms with van der Waals surface area (Å²) < 4.78 is 5.22. The third-order valence-corrected chi connectivity index (χ3v) is 5.12. The average molecular weight is 302 g/mol. The van der Waals surface area contributed by atoms with Gasteiger partial charge in [0.05, 0.1) is 7.11 Å². The van der Waals surface area contributed by atoms with Crippen molar-refractivity contribution in [2.45, 2.75) is 51.1 Å². The minimum atomic E-state index is 0.0818. The third-order valence-electron chi connectivity index (χ3n) is 5.12. The Balaban J connectivity index is 1.83. The van der Waals surface area contributed by atoms with Gasteiger partial charge < -0.3 is 15.4 Å². The minimum absolute atomic E-state index is 0.0818. The first-order valence-corrected chi connectivity index (χ1v) is 8.33. The summed E-state index contributed by atoms with van der Waals surface area (Å²) in [6, 6.07) is 8.28. The molecule has 2 fully saturated rings. The van der Waals surface area contributed by atoms with E-state index in [0.29, 0.717) is 5.92 Å². The SMILES string of the molecule is COc1ccc(N(C(=O)[C@@H]2CC[C@H](N)C2)[C@H](C)C2CC2)cc1. The van der Waals surface area contributed by atoms with E-state index in [9.17, 15) is 4.79 Å². The molecule has 22 heavy (non-hydrogen) atoms. The molecule has 0 radical (unpaired) electrons. The molecule has 1 amide bonds. The Morgan fingerprint density at radius 2 is 1.91 bits per heavy atom. The van der Waals surface area contributed by atoms with Gasteiger partial charge in [-0.25, -0.2) is 0 Å². The van der Waals surface area contributed by atoms with E-state index in [2.05, 4.69) is 6.92 Å². The lowest BCUT2D eigenvalue weighted by Gasteiger charge is -2.32. The van der Waals surface area contributed by atoms with E-state index in [4.69, 9.17) is 10.5 Å². The van der Waals surface area contributed by atoms with Gasteiger partial charge in [0.15, 0.2) is 0 Å². The Kier molecular flexibility index (Phi) is 4.39. The van der Waals surface area contributed by atoms with Crippen molar-refractivity contribution in [3.63, 3.8) is 0 Å². The van der Waals surface area contributed by atoms with Crippen molar-refractivity contribution in [2.24, 2.45) is 17.6 Å². The van der Waals surface area contributed by atoms with Gasteiger partial charge in [-0.2, -0.15) is 0 Å². The fourth-order valence-corrected chi connectivity index (χ4v) is 3.53. The highest BCUT2D eigenvalue weighted by Gasteiger charge is 2.39. The maximum atomic E-state index is 13.1. The predicted octanol–water partition coefficient (Wildman–Crippen LogP) is 2.95. The van der Waals surface area contributed by atoms with Crippen molar-refractivity contribution in [3.8, 4) is 5.75 Å². The zero-order valence-corrected chi connectivity index (χ0v) is 13.5. The second kappa shape index (κ2) is 6.29. The lowest BCUT2D eigenvalue weighted by molar-refractivity contribution is -0.122. The van der Waals surface area contributed by atoms with Gasteiger partial charge >= 0.3 is 0 Å². The normalized spacial score (nSPS) is 25.8. The van der Waals surface area contributed by atoms with Crippen LogP contribution in [0.1, 0.15) is 39.0 Å². The van der Waals surface area contributed by atoms with Gasteiger partial charge in [-0.15, -0.1) is 0 Å². The van der Waals surface area contributed by atoms with Gasteiger partial charge in [0, 0.05) is 23.7 Å². The van der Waals surface area contributed by atoms with Crippen molar-refractivity contribution >= 4 is 11.6 Å². The number of nitrogens with zero attached hydrogens (tertiary/aromatic N) is 1. The molecular weight excluding hydrogens is 276 g/mol. The molecule has 0 unspecified atom stereocenters. The summed E-state index contributed by atoms with van der Waals surface area (Å²) >= 11 is 0. The Bertz CT molecular complexity index is 524. The van der Waals surface area contributed by atoms with Crippen molar-refractivity contribution in [1.82, 2.24) is 0 Å². The second-order valence-electron chi connectivity index (χ2n) is 6.75. The molecule has 4 nitrogen and oxygen atoms in total. The number of amides is 1. The molecule has 0 heterocycles. The first-order valence-electron chi connectivity index (χ1n) is 8.33. The molecule has 2 saturated carbocycles. The van der Waals surface area contributed by atoms with Gasteiger partial charge in [0.2, 0.25) is 5.91 Å². The van der Waals surface area contributed by atoms with Gasteiger partial charge in [-0.05, 0) is 69.2 Å². The van der Waals surface area contributed by atoms with Gasteiger partial charge in [-0.3, -0.25) is 4.79 Å². The van der Waals surface area contributed by atoms with Crippen LogP contribution in [0, 0.1) is 11.8 Å². The maximum Gasteiger partial charge on any atom is 0.230 e. The van der Waals surface area contributed by atoms with E-state index in [1.165, 1.54) is 12.8 Å². The number of nitrogens with two attached hydrogens (primary N) is 1. The summed E-state index contributed by atoms with van der Waals surface area (Å²) in [5.41, 5.74) is 6.98. The van der Waals surface area contributed by atoms with Crippen LogP contribution >= 0.6 is 0 Å². The summed E-state index contributed by atoms with van der Waals surface area (Å²) in [4.78, 5) is 15.1. The summed E-state index contributed by atoms with van der Waals surface area (Å²) in [5.74, 6) is 1.79. The van der Waals surface area contributed by atoms with Gasteiger partial charge in [0.1, 0.15) is 5.75 Å². The average Bonchev–Trinajstić information content (AvgIpc) is 3.29. The van der Waals surface area contributed by atoms with Crippen LogP contribution in [-0.2, 0) is 4.79 Å². The molecular formula is C18H26N2O2. The predicted molar refractivity (Wildman–Crippen MR) is 88.0 cm³/mol. The van der Waals surface area contributed by atoms with E-state index >= 15 is 0 Å². The van der Waals surface area contributed by atoms with E-state index in [-0.39, 0.29) is 23.9 Å². The molecule has 0 aromatic heterocycles. The van der Waals surface area contributed by atoms with Crippen molar-refractivity contribution < 1.29 is 9.53 Å². The molecule has 120 valence electrons. The monoisotopic (exact) mass is 302 g/mol. The highest BCUT2D eigenvalue weighted by molar-refractivity contribution is 5.96. The zero-order chi connectivity index (χ0) is 15.7. The first-order chi connectivity index (χ1) is 10.6. The van der Waals surface area contributed by atoms with Crippen LogP contribution in [0.15, 0.2) is 24.3 Å². The number of anilines is 1. The second-order valence-corrected chi connectivity index (χ2v) is 6.75. The van der Waals surface area contributed by atoms with Crippen LogP contribution in [0.4, 0.5) is 5.69 Å². The Morgan fingerprint density at radius 1 is 1.23 bits per heavy atom. The van der Waals surface area contributed by atoms with Crippen molar-refractivity contribution in [3.05, 3.63) is 24.3 Å². The quantitative estimate of drug-likeness (QED) is 0.910. The summed E-state index contributed by atoms with van der Waals surface area (Å²) in [7, 11) is 1.66. The minimum Gasteiger partial charge on any atom is -0.497 e. The number of carbonyl (C=O) groups is 1. The van der Waals surface area contributed by atoms with Crippen molar-refractivity contribution in [1.29, 1.82) is 0 Å². The molecule has 4 heteroatoms. The number of rotatable bonds is 5. The Morgan fingerprint density at radius 3 is 2.41 bits per heavy atom. The zero-order valence-electron chi connectivity index (χ0n) is 13.5. The summed E-state index contributed by atoms with van der Waals surface area (Å²) in [5, 5.41) is 0. The van der Waals surface area contributed by atoms with E-state index in [1.807, 2.05) is 29.2 Å². The number of methoxy groups -OCH3 is 1. The Labute approximate surface area is 132 Å². The highest BCUT2D eigenvalue weighted by Crippen LogP contribution is 2.39. The number of benzene rings is 1.